The van der Waals surface area contributed by atoms with E-state index in [1.807, 2.05) is 0 Å². The Kier molecular flexibility index (Phi) is 8.12. The molecule has 14 rings (SSSR count). The summed E-state index contributed by atoms with van der Waals surface area (Å²) >= 11 is 0. The topological polar surface area (TPSA) is 9.72 Å². The standard InChI is InChI=1S/C63H44BN3/c1-41-29-36-59-57(37-41)64-56-27-15-16-28-58(56)67(47-34-35-55-51(40-47)50-23-11-14-26-54(50)63(55)52-24-12-9-21-48(52)49-22-10-13-25-53(49)63)61-39-42(2)38-60(62(61)64)66(59)46-32-30-45(31-33-46)65(43-17-5-3-6-18-43)44-19-7-4-8-20-44/h3-40H,1-2H3. The highest BCUT2D eigenvalue weighted by Crippen LogP contribution is 2.63. The van der Waals surface area contributed by atoms with Gasteiger partial charge in [-0.2, -0.15) is 0 Å². The van der Waals surface area contributed by atoms with Gasteiger partial charge < -0.3 is 14.7 Å². The van der Waals surface area contributed by atoms with Crippen molar-refractivity contribution < 1.29 is 0 Å². The lowest BCUT2D eigenvalue weighted by Crippen LogP contribution is -2.61. The van der Waals surface area contributed by atoms with Crippen molar-refractivity contribution in [2.75, 3.05) is 14.7 Å². The highest BCUT2D eigenvalue weighted by Gasteiger charge is 2.52. The molecule has 67 heavy (non-hydrogen) atoms. The Labute approximate surface area is 392 Å². The van der Waals surface area contributed by atoms with Gasteiger partial charge in [0.1, 0.15) is 0 Å². The average molecular weight is 854 g/mol. The lowest BCUT2D eigenvalue weighted by atomic mass is 9.33. The van der Waals surface area contributed by atoms with Crippen molar-refractivity contribution in [3.8, 4) is 22.3 Å². The quantitative estimate of drug-likeness (QED) is 0.160. The second-order valence-electron chi connectivity index (χ2n) is 18.6. The molecule has 1 spiro atoms. The summed E-state index contributed by atoms with van der Waals surface area (Å²) in [5.41, 5.74) is 27.3. The molecule has 2 heterocycles. The van der Waals surface area contributed by atoms with Crippen LogP contribution in [0.25, 0.3) is 22.3 Å². The molecular weight excluding hydrogens is 810 g/mol. The van der Waals surface area contributed by atoms with Crippen molar-refractivity contribution in [1.29, 1.82) is 0 Å². The number of anilines is 9. The molecule has 2 aliphatic heterocycles. The molecule has 0 N–H and O–H groups in total. The van der Waals surface area contributed by atoms with E-state index in [9.17, 15) is 0 Å². The first-order valence-corrected chi connectivity index (χ1v) is 23.5. The van der Waals surface area contributed by atoms with E-state index >= 15 is 0 Å². The molecule has 0 bridgehead atoms. The Bertz CT molecular complexity index is 3550. The molecule has 0 aromatic heterocycles. The van der Waals surface area contributed by atoms with Crippen LogP contribution in [0, 0.1) is 13.8 Å². The molecule has 4 heteroatoms. The SMILES string of the molecule is Cc1ccc2c(c1)B1c3ccccc3N(c3ccc4c(c3)-c3ccccc3C43c4ccccc4-c4ccccc43)c3cc(C)cc(c31)N2c1ccc(N(c2ccccc2)c2ccccc2)cc1. The average Bonchev–Trinajstić information content (AvgIpc) is 3.84. The van der Waals surface area contributed by atoms with Crippen LogP contribution < -0.4 is 31.1 Å². The van der Waals surface area contributed by atoms with E-state index in [0.29, 0.717) is 0 Å². The van der Waals surface area contributed by atoms with Gasteiger partial charge >= 0.3 is 0 Å². The van der Waals surface area contributed by atoms with E-state index in [-0.39, 0.29) is 12.1 Å². The summed E-state index contributed by atoms with van der Waals surface area (Å²) in [7, 11) is 0. The molecule has 10 aromatic carbocycles. The third kappa shape index (κ3) is 5.30. The van der Waals surface area contributed by atoms with E-state index in [1.165, 1.54) is 94.8 Å². The number of hydrogen-bond acceptors (Lipinski definition) is 3. The zero-order valence-corrected chi connectivity index (χ0v) is 37.4. The van der Waals surface area contributed by atoms with Crippen LogP contribution >= 0.6 is 0 Å². The monoisotopic (exact) mass is 853 g/mol. The van der Waals surface area contributed by atoms with Crippen LogP contribution in [0.1, 0.15) is 33.4 Å². The van der Waals surface area contributed by atoms with Gasteiger partial charge in [-0.3, -0.25) is 0 Å². The van der Waals surface area contributed by atoms with Crippen LogP contribution in [0.4, 0.5) is 51.2 Å². The zero-order valence-electron chi connectivity index (χ0n) is 37.4. The number of hydrogen-bond donors (Lipinski definition) is 0. The second kappa shape index (κ2) is 14.3. The molecule has 0 amide bonds. The van der Waals surface area contributed by atoms with Gasteiger partial charge in [-0.1, -0.05) is 151 Å². The van der Waals surface area contributed by atoms with Crippen molar-refractivity contribution >= 4 is 74.3 Å². The molecule has 4 aliphatic rings. The van der Waals surface area contributed by atoms with Gasteiger partial charge in [-0.25, -0.2) is 0 Å². The van der Waals surface area contributed by atoms with Gasteiger partial charge in [0.05, 0.1) is 5.41 Å². The van der Waals surface area contributed by atoms with Gasteiger partial charge in [0.15, 0.2) is 0 Å². The Morgan fingerprint density at radius 1 is 0.343 bits per heavy atom. The largest absolute Gasteiger partial charge is 0.311 e. The number of rotatable bonds is 5. The van der Waals surface area contributed by atoms with E-state index < -0.39 is 0 Å². The minimum Gasteiger partial charge on any atom is -0.311 e. The third-order valence-electron chi connectivity index (χ3n) is 14.9. The lowest BCUT2D eigenvalue weighted by Gasteiger charge is -2.44. The normalized spacial score (nSPS) is 13.9. The predicted octanol–water partition coefficient (Wildman–Crippen LogP) is 14.2. The Balaban J connectivity index is 0.962. The lowest BCUT2D eigenvalue weighted by molar-refractivity contribution is 0.794. The summed E-state index contributed by atoms with van der Waals surface area (Å²) < 4.78 is 0. The fourth-order valence-electron chi connectivity index (χ4n) is 12.3. The first-order chi connectivity index (χ1) is 33.1. The van der Waals surface area contributed by atoms with E-state index in [0.717, 1.165) is 28.4 Å². The first kappa shape index (κ1) is 38.0. The molecule has 0 radical (unpaired) electrons. The maximum Gasteiger partial charge on any atom is 0.252 e. The van der Waals surface area contributed by atoms with Crippen molar-refractivity contribution in [3.05, 3.63) is 264 Å². The maximum absolute atomic E-state index is 2.56. The summed E-state index contributed by atoms with van der Waals surface area (Å²) in [4.78, 5) is 7.40. The minimum atomic E-state index is -0.387. The number of benzene rings is 10. The summed E-state index contributed by atoms with van der Waals surface area (Å²) in [6, 6.07) is 86.0. The molecule has 0 atom stereocenters. The summed E-state index contributed by atoms with van der Waals surface area (Å²) in [5, 5.41) is 0. The third-order valence-corrected chi connectivity index (χ3v) is 14.9. The molecule has 0 saturated carbocycles. The highest BCUT2D eigenvalue weighted by molar-refractivity contribution is 7.00. The number of nitrogens with zero attached hydrogens (tertiary/aromatic N) is 3. The molecule has 10 aromatic rings. The molecule has 0 fully saturated rings. The van der Waals surface area contributed by atoms with Crippen LogP contribution in [-0.4, -0.2) is 6.71 Å². The number of para-hydroxylation sites is 3. The molecule has 314 valence electrons. The highest BCUT2D eigenvalue weighted by atomic mass is 15.2. The fraction of sp³-hybridized carbons (Fsp3) is 0.0476. The van der Waals surface area contributed by atoms with Crippen LogP contribution in [-0.2, 0) is 5.41 Å². The number of aryl methyl sites for hydroxylation is 2. The van der Waals surface area contributed by atoms with E-state index in [1.54, 1.807) is 0 Å². The Morgan fingerprint density at radius 2 is 0.821 bits per heavy atom. The van der Waals surface area contributed by atoms with Gasteiger partial charge in [0.2, 0.25) is 0 Å². The zero-order chi connectivity index (χ0) is 44.4. The summed E-state index contributed by atoms with van der Waals surface area (Å²) in [6.07, 6.45) is 0. The smallest absolute Gasteiger partial charge is 0.252 e. The van der Waals surface area contributed by atoms with Crippen LogP contribution in [0.5, 0.6) is 0 Å². The molecule has 3 nitrogen and oxygen atoms in total. The van der Waals surface area contributed by atoms with Crippen molar-refractivity contribution in [3.63, 3.8) is 0 Å². The summed E-state index contributed by atoms with van der Waals surface area (Å²) in [6.45, 7) is 4.54. The van der Waals surface area contributed by atoms with Crippen LogP contribution in [0.15, 0.2) is 231 Å². The number of fused-ring (bicyclic) bond motifs is 14. The predicted molar refractivity (Wildman–Crippen MR) is 281 cm³/mol. The minimum absolute atomic E-state index is 0.0556. The first-order valence-electron chi connectivity index (χ1n) is 23.5. The van der Waals surface area contributed by atoms with Gasteiger partial charge in [0, 0.05) is 51.2 Å². The van der Waals surface area contributed by atoms with E-state index in [2.05, 4.69) is 259 Å². The molecule has 2 aliphatic carbocycles. The summed E-state index contributed by atoms with van der Waals surface area (Å²) in [5.74, 6) is 0. The molecular formula is C63H44BN3. The van der Waals surface area contributed by atoms with Gasteiger partial charge in [-0.15, -0.1) is 0 Å². The van der Waals surface area contributed by atoms with Crippen LogP contribution in [0.3, 0.4) is 0 Å². The molecule has 0 saturated heterocycles. The maximum atomic E-state index is 2.56. The van der Waals surface area contributed by atoms with Gasteiger partial charge in [-0.05, 0) is 165 Å². The Morgan fingerprint density at radius 3 is 1.45 bits per heavy atom. The fourth-order valence-corrected chi connectivity index (χ4v) is 12.3. The van der Waals surface area contributed by atoms with Crippen molar-refractivity contribution in [2.24, 2.45) is 0 Å². The van der Waals surface area contributed by atoms with Crippen molar-refractivity contribution in [1.82, 2.24) is 0 Å². The van der Waals surface area contributed by atoms with E-state index in [4.69, 9.17) is 0 Å². The van der Waals surface area contributed by atoms with Crippen LogP contribution in [0.2, 0.25) is 0 Å². The van der Waals surface area contributed by atoms with Crippen molar-refractivity contribution in [2.45, 2.75) is 19.3 Å². The van der Waals surface area contributed by atoms with Gasteiger partial charge in [0.25, 0.3) is 6.71 Å². The Hall–Kier alpha value is -8.34. The molecule has 0 unspecified atom stereocenters. The second-order valence-corrected chi connectivity index (χ2v) is 18.6.